The Kier molecular flexibility index (Phi) is 4.31. The molecule has 4 aromatic rings. The normalized spacial score (nSPS) is 11.2. The van der Waals surface area contributed by atoms with E-state index in [0.29, 0.717) is 21.3 Å². The molecule has 0 amide bonds. The van der Waals surface area contributed by atoms with Crippen molar-refractivity contribution in [3.05, 3.63) is 97.0 Å². The number of hydrogen-bond acceptors (Lipinski definition) is 3. The summed E-state index contributed by atoms with van der Waals surface area (Å²) in [6, 6.07) is 14.6. The second kappa shape index (κ2) is 6.66. The van der Waals surface area contributed by atoms with Crippen molar-refractivity contribution in [2.45, 2.75) is 13.5 Å². The maximum atomic E-state index is 13.3. The molecule has 0 aliphatic carbocycles. The predicted octanol–water partition coefficient (Wildman–Crippen LogP) is 4.00. The average Bonchev–Trinajstić information content (AvgIpc) is 2.96. The van der Waals surface area contributed by atoms with Gasteiger partial charge in [0.2, 0.25) is 5.71 Å². The van der Waals surface area contributed by atoms with Gasteiger partial charge in [-0.1, -0.05) is 30.3 Å². The summed E-state index contributed by atoms with van der Waals surface area (Å²) < 4.78 is 21.8. The maximum absolute atomic E-state index is 13.3. The Morgan fingerprint density at radius 3 is 2.37 bits per heavy atom. The average molecular weight is 429 g/mol. The number of hydrogen-bond donors (Lipinski definition) is 0. The van der Waals surface area contributed by atoms with Gasteiger partial charge in [0, 0.05) is 5.56 Å². The first-order chi connectivity index (χ1) is 13.0. The van der Waals surface area contributed by atoms with E-state index in [9.17, 15) is 14.0 Å². The van der Waals surface area contributed by atoms with Crippen LogP contribution in [0.25, 0.3) is 16.8 Å². The molecule has 0 spiro atoms. The highest BCUT2D eigenvalue weighted by Crippen LogP contribution is 2.26. The molecular weight excluding hydrogens is 415 g/mol. The van der Waals surface area contributed by atoms with Gasteiger partial charge in [-0.2, -0.15) is 0 Å². The summed E-state index contributed by atoms with van der Waals surface area (Å²) in [5.41, 5.74) is 0.938. The lowest BCUT2D eigenvalue weighted by Crippen LogP contribution is -2.39. The van der Waals surface area contributed by atoms with Crippen LogP contribution in [0.4, 0.5) is 4.39 Å². The molecule has 0 N–H and O–H groups in total. The quantitative estimate of drug-likeness (QED) is 0.495. The summed E-state index contributed by atoms with van der Waals surface area (Å²) in [6.45, 7) is 1.97. The Bertz CT molecular complexity index is 1260. The monoisotopic (exact) mass is 428 g/mol. The van der Waals surface area contributed by atoms with Crippen molar-refractivity contribution in [2.75, 3.05) is 0 Å². The molecule has 136 valence electrons. The van der Waals surface area contributed by atoms with E-state index in [4.69, 9.17) is 4.42 Å². The van der Waals surface area contributed by atoms with Gasteiger partial charge >= 0.3 is 5.69 Å². The largest absolute Gasteiger partial charge is 0.432 e. The smallest absolute Gasteiger partial charge is 0.338 e. The predicted molar refractivity (Wildman–Crippen MR) is 104 cm³/mol. The van der Waals surface area contributed by atoms with Gasteiger partial charge in [0.25, 0.3) is 5.56 Å². The molecule has 0 aliphatic rings. The first kappa shape index (κ1) is 17.5. The maximum Gasteiger partial charge on any atom is 0.338 e. The minimum absolute atomic E-state index is 0.205. The molecule has 0 atom stereocenters. The summed E-state index contributed by atoms with van der Waals surface area (Å²) in [5, 5.41) is 0.307. The minimum Gasteiger partial charge on any atom is -0.432 e. The van der Waals surface area contributed by atoms with Gasteiger partial charge in [0.1, 0.15) is 11.2 Å². The van der Waals surface area contributed by atoms with Crippen LogP contribution in [0.2, 0.25) is 0 Å². The van der Waals surface area contributed by atoms with Crippen molar-refractivity contribution in [3.63, 3.8) is 0 Å². The summed E-state index contributed by atoms with van der Waals surface area (Å²) >= 11 is 3.30. The lowest BCUT2D eigenvalue weighted by atomic mass is 10.2. The molecule has 0 saturated carbocycles. The van der Waals surface area contributed by atoms with Crippen molar-refractivity contribution < 1.29 is 8.81 Å². The number of nitrogens with zero attached hydrogens (tertiary/aromatic N) is 2. The second-order valence-corrected chi connectivity index (χ2v) is 6.87. The van der Waals surface area contributed by atoms with Crippen LogP contribution in [0.3, 0.4) is 0 Å². The molecule has 0 saturated heterocycles. The van der Waals surface area contributed by atoms with E-state index in [-0.39, 0.29) is 12.3 Å². The zero-order valence-corrected chi connectivity index (χ0v) is 15.9. The third-order valence-corrected chi connectivity index (χ3v) is 5.18. The Hall–Kier alpha value is -2.93. The van der Waals surface area contributed by atoms with E-state index in [1.165, 1.54) is 28.8 Å². The standard InChI is InChI=1S/C20H14BrFN2O3/c1-12-16-18(25)24(15-9-7-14(22)8-10-15)20(26)23(19(16)27-17(12)21)11-13-5-3-2-4-6-13/h2-10H,11H2,1H3. The van der Waals surface area contributed by atoms with Crippen LogP contribution >= 0.6 is 15.9 Å². The fourth-order valence-corrected chi connectivity index (χ4v) is 3.39. The molecule has 0 radical (unpaired) electrons. The SMILES string of the molecule is Cc1c(Br)oc2c1c(=O)n(-c1ccc(F)cc1)c(=O)n2Cc1ccccc1. The summed E-state index contributed by atoms with van der Waals surface area (Å²) in [4.78, 5) is 26.2. The Labute approximate surface area is 161 Å². The van der Waals surface area contributed by atoms with Gasteiger partial charge in [-0.15, -0.1) is 0 Å². The number of aryl methyl sites for hydroxylation is 1. The van der Waals surface area contributed by atoms with Crippen LogP contribution in [0.15, 0.2) is 73.3 Å². The van der Waals surface area contributed by atoms with E-state index in [2.05, 4.69) is 15.9 Å². The minimum atomic E-state index is -0.552. The number of aromatic nitrogens is 2. The van der Waals surface area contributed by atoms with Crippen LogP contribution in [-0.4, -0.2) is 9.13 Å². The Morgan fingerprint density at radius 1 is 1.04 bits per heavy atom. The zero-order valence-electron chi connectivity index (χ0n) is 14.3. The highest BCUT2D eigenvalue weighted by Gasteiger charge is 2.21. The summed E-state index contributed by atoms with van der Waals surface area (Å²) in [5.74, 6) is -0.445. The number of rotatable bonds is 3. The topological polar surface area (TPSA) is 57.1 Å². The number of halogens is 2. The van der Waals surface area contributed by atoms with Crippen LogP contribution in [0.5, 0.6) is 0 Å². The third kappa shape index (κ3) is 2.94. The van der Waals surface area contributed by atoms with Crippen molar-refractivity contribution in [2.24, 2.45) is 0 Å². The first-order valence-corrected chi connectivity index (χ1v) is 9.01. The van der Waals surface area contributed by atoms with E-state index in [1.807, 2.05) is 30.3 Å². The van der Waals surface area contributed by atoms with E-state index >= 15 is 0 Å². The van der Waals surface area contributed by atoms with E-state index in [0.717, 1.165) is 10.1 Å². The summed E-state index contributed by atoms with van der Waals surface area (Å²) in [7, 11) is 0. The fourth-order valence-electron chi connectivity index (χ4n) is 3.04. The van der Waals surface area contributed by atoms with Gasteiger partial charge in [0.15, 0.2) is 4.67 Å². The lowest BCUT2D eigenvalue weighted by molar-refractivity contribution is 0.534. The first-order valence-electron chi connectivity index (χ1n) is 8.21. The summed E-state index contributed by atoms with van der Waals surface area (Å²) in [6.07, 6.45) is 0. The molecule has 2 aromatic heterocycles. The zero-order chi connectivity index (χ0) is 19.1. The van der Waals surface area contributed by atoms with Crippen molar-refractivity contribution in [3.8, 4) is 5.69 Å². The van der Waals surface area contributed by atoms with E-state index < -0.39 is 17.1 Å². The molecule has 0 aliphatic heterocycles. The molecule has 0 unspecified atom stereocenters. The number of fused-ring (bicyclic) bond motifs is 1. The Balaban J connectivity index is 2.07. The highest BCUT2D eigenvalue weighted by molar-refractivity contribution is 9.10. The molecule has 2 heterocycles. The molecule has 27 heavy (non-hydrogen) atoms. The van der Waals surface area contributed by atoms with Gasteiger partial charge in [-0.3, -0.25) is 9.36 Å². The molecule has 4 rings (SSSR count). The second-order valence-electron chi connectivity index (χ2n) is 6.15. The molecule has 7 heteroatoms. The number of furan rings is 1. The van der Waals surface area contributed by atoms with Gasteiger partial charge in [-0.25, -0.2) is 13.8 Å². The number of benzene rings is 2. The Morgan fingerprint density at radius 2 is 1.70 bits per heavy atom. The highest BCUT2D eigenvalue weighted by atomic mass is 79.9. The van der Waals surface area contributed by atoms with Crippen molar-refractivity contribution in [1.29, 1.82) is 0 Å². The molecule has 0 bridgehead atoms. The third-order valence-electron chi connectivity index (χ3n) is 4.42. The molecular formula is C20H14BrFN2O3. The van der Waals surface area contributed by atoms with Crippen LogP contribution in [-0.2, 0) is 6.54 Å². The van der Waals surface area contributed by atoms with Gasteiger partial charge in [-0.05, 0) is 52.7 Å². The van der Waals surface area contributed by atoms with Crippen LogP contribution in [0, 0.1) is 12.7 Å². The molecule has 0 fully saturated rings. The van der Waals surface area contributed by atoms with E-state index in [1.54, 1.807) is 6.92 Å². The van der Waals surface area contributed by atoms with Crippen LogP contribution in [0.1, 0.15) is 11.1 Å². The lowest BCUT2D eigenvalue weighted by Gasteiger charge is -2.11. The van der Waals surface area contributed by atoms with Gasteiger partial charge in [0.05, 0.1) is 12.2 Å². The van der Waals surface area contributed by atoms with Crippen molar-refractivity contribution in [1.82, 2.24) is 9.13 Å². The van der Waals surface area contributed by atoms with Crippen LogP contribution < -0.4 is 11.2 Å². The van der Waals surface area contributed by atoms with Gasteiger partial charge < -0.3 is 4.42 Å². The molecule has 5 nitrogen and oxygen atoms in total. The van der Waals surface area contributed by atoms with Crippen molar-refractivity contribution >= 4 is 27.0 Å². The fraction of sp³-hybridized carbons (Fsp3) is 0.100. The molecule has 2 aromatic carbocycles.